The monoisotopic (exact) mass is 270 g/mol. The maximum Gasteiger partial charge on any atom is 0.154 e. The summed E-state index contributed by atoms with van der Waals surface area (Å²) in [4.78, 5) is 5.41. The molecule has 0 unspecified atom stereocenters. The smallest absolute Gasteiger partial charge is 0.154 e. The molecule has 84 valence electrons. The lowest BCUT2D eigenvalue weighted by Crippen LogP contribution is -1.95. The maximum absolute atomic E-state index is 6.17. The third kappa shape index (κ3) is 2.77. The first-order valence-corrected chi connectivity index (χ1v) is 6.85. The largest absolute Gasteiger partial charge is 0.326 e. The van der Waals surface area contributed by atoms with Gasteiger partial charge in [-0.15, -0.1) is 11.3 Å². The standard InChI is InChI=1S/C11H11ClN2S2/c1-7-6-15-11(14-7)16-10-3-2-8(5-13)4-9(10)12/h2-4,6H,5,13H2,1H3. The minimum Gasteiger partial charge on any atom is -0.326 e. The fourth-order valence-electron chi connectivity index (χ4n) is 1.23. The summed E-state index contributed by atoms with van der Waals surface area (Å²) in [5.74, 6) is 0. The van der Waals surface area contributed by atoms with Crippen LogP contribution >= 0.6 is 34.7 Å². The Morgan fingerprint density at radius 2 is 2.31 bits per heavy atom. The Morgan fingerprint density at radius 1 is 1.50 bits per heavy atom. The van der Waals surface area contributed by atoms with Crippen LogP contribution < -0.4 is 5.73 Å². The quantitative estimate of drug-likeness (QED) is 0.924. The summed E-state index contributed by atoms with van der Waals surface area (Å²) < 4.78 is 1.01. The molecule has 0 aliphatic carbocycles. The minimum absolute atomic E-state index is 0.515. The number of nitrogens with zero attached hydrogens (tertiary/aromatic N) is 1. The molecule has 0 atom stereocenters. The highest BCUT2D eigenvalue weighted by molar-refractivity contribution is 8.01. The van der Waals surface area contributed by atoms with Crippen molar-refractivity contribution in [3.05, 3.63) is 39.9 Å². The highest BCUT2D eigenvalue weighted by Gasteiger charge is 2.06. The van der Waals surface area contributed by atoms with Gasteiger partial charge in [-0.2, -0.15) is 0 Å². The van der Waals surface area contributed by atoms with E-state index in [4.69, 9.17) is 17.3 Å². The number of hydrogen-bond donors (Lipinski definition) is 1. The van der Waals surface area contributed by atoms with Crippen LogP contribution in [-0.4, -0.2) is 4.98 Å². The van der Waals surface area contributed by atoms with Gasteiger partial charge in [0.05, 0.1) is 5.02 Å². The number of aromatic nitrogens is 1. The normalized spacial score (nSPS) is 10.7. The molecule has 1 heterocycles. The molecule has 16 heavy (non-hydrogen) atoms. The van der Waals surface area contributed by atoms with E-state index in [9.17, 15) is 0 Å². The first kappa shape index (κ1) is 11.9. The van der Waals surface area contributed by atoms with E-state index in [0.29, 0.717) is 6.54 Å². The molecule has 2 rings (SSSR count). The van der Waals surface area contributed by atoms with Crippen LogP contribution in [0.3, 0.4) is 0 Å². The van der Waals surface area contributed by atoms with Crippen LogP contribution in [0.4, 0.5) is 0 Å². The summed E-state index contributed by atoms with van der Waals surface area (Å²) in [5.41, 5.74) is 7.64. The Bertz CT molecular complexity index is 496. The fraction of sp³-hybridized carbons (Fsp3) is 0.182. The zero-order valence-electron chi connectivity index (χ0n) is 8.74. The van der Waals surface area contributed by atoms with Gasteiger partial charge in [-0.1, -0.05) is 29.4 Å². The summed E-state index contributed by atoms with van der Waals surface area (Å²) >= 11 is 9.39. The molecular formula is C11H11ClN2S2. The first-order valence-electron chi connectivity index (χ1n) is 4.77. The molecule has 0 bridgehead atoms. The Morgan fingerprint density at radius 3 is 2.88 bits per heavy atom. The second-order valence-electron chi connectivity index (χ2n) is 3.33. The number of benzene rings is 1. The second-order valence-corrected chi connectivity index (χ2v) is 5.88. The van der Waals surface area contributed by atoms with Gasteiger partial charge in [-0.05, 0) is 24.6 Å². The molecule has 0 saturated carbocycles. The lowest BCUT2D eigenvalue weighted by atomic mass is 10.2. The summed E-state index contributed by atoms with van der Waals surface area (Å²) in [7, 11) is 0. The number of thiazole rings is 1. The summed E-state index contributed by atoms with van der Waals surface area (Å²) in [6.07, 6.45) is 0. The van der Waals surface area contributed by atoms with E-state index in [-0.39, 0.29) is 0 Å². The number of halogens is 1. The number of hydrogen-bond acceptors (Lipinski definition) is 4. The molecule has 0 radical (unpaired) electrons. The summed E-state index contributed by atoms with van der Waals surface area (Å²) in [5, 5.41) is 2.77. The molecule has 2 nitrogen and oxygen atoms in total. The van der Waals surface area contributed by atoms with Gasteiger partial charge in [0.1, 0.15) is 0 Å². The van der Waals surface area contributed by atoms with Gasteiger partial charge >= 0.3 is 0 Å². The molecule has 0 amide bonds. The third-order valence-electron chi connectivity index (χ3n) is 2.03. The topological polar surface area (TPSA) is 38.9 Å². The van der Waals surface area contributed by atoms with Crippen molar-refractivity contribution in [3.63, 3.8) is 0 Å². The Kier molecular flexibility index (Phi) is 3.86. The Hall–Kier alpha value is -0.550. The SMILES string of the molecule is Cc1csc(Sc2ccc(CN)cc2Cl)n1. The molecule has 1 aromatic carbocycles. The molecule has 0 saturated heterocycles. The van der Waals surface area contributed by atoms with Gasteiger partial charge in [-0.3, -0.25) is 0 Å². The van der Waals surface area contributed by atoms with E-state index < -0.39 is 0 Å². The van der Waals surface area contributed by atoms with Crippen molar-refractivity contribution in [2.24, 2.45) is 5.73 Å². The second kappa shape index (κ2) is 5.19. The number of nitrogens with two attached hydrogens (primary N) is 1. The van der Waals surface area contributed by atoms with Crippen molar-refractivity contribution >= 4 is 34.7 Å². The zero-order valence-corrected chi connectivity index (χ0v) is 11.1. The van der Waals surface area contributed by atoms with E-state index in [1.165, 1.54) is 0 Å². The van der Waals surface area contributed by atoms with Crippen molar-refractivity contribution in [2.75, 3.05) is 0 Å². The van der Waals surface area contributed by atoms with Crippen molar-refractivity contribution in [1.82, 2.24) is 4.98 Å². The van der Waals surface area contributed by atoms with Crippen LogP contribution in [0.2, 0.25) is 5.02 Å². The minimum atomic E-state index is 0.515. The van der Waals surface area contributed by atoms with E-state index in [2.05, 4.69) is 4.98 Å². The van der Waals surface area contributed by atoms with E-state index in [1.54, 1.807) is 23.1 Å². The third-order valence-corrected chi connectivity index (χ3v) is 4.58. The molecule has 5 heteroatoms. The number of rotatable bonds is 3. The Balaban J connectivity index is 2.21. The first-order chi connectivity index (χ1) is 7.69. The van der Waals surface area contributed by atoms with Crippen LogP contribution in [0.5, 0.6) is 0 Å². The molecule has 0 aliphatic rings. The van der Waals surface area contributed by atoms with Crippen molar-refractivity contribution in [3.8, 4) is 0 Å². The summed E-state index contributed by atoms with van der Waals surface area (Å²) in [6, 6.07) is 5.89. The van der Waals surface area contributed by atoms with Crippen molar-refractivity contribution < 1.29 is 0 Å². The molecule has 1 aromatic heterocycles. The number of aryl methyl sites for hydroxylation is 1. The Labute approximate surface area is 108 Å². The lowest BCUT2D eigenvalue weighted by Gasteiger charge is -2.03. The molecule has 0 fully saturated rings. The van der Waals surface area contributed by atoms with Gasteiger partial charge in [-0.25, -0.2) is 4.98 Å². The van der Waals surface area contributed by atoms with Gasteiger partial charge in [0.25, 0.3) is 0 Å². The molecule has 2 N–H and O–H groups in total. The van der Waals surface area contributed by atoms with Crippen LogP contribution in [0.1, 0.15) is 11.3 Å². The van der Waals surface area contributed by atoms with E-state index in [0.717, 1.165) is 25.5 Å². The van der Waals surface area contributed by atoms with Gasteiger partial charge in [0.15, 0.2) is 4.34 Å². The van der Waals surface area contributed by atoms with Crippen LogP contribution in [0, 0.1) is 6.92 Å². The molecule has 0 spiro atoms. The fourth-order valence-corrected chi connectivity index (χ4v) is 3.34. The molecular weight excluding hydrogens is 260 g/mol. The van der Waals surface area contributed by atoms with E-state index >= 15 is 0 Å². The highest BCUT2D eigenvalue weighted by atomic mass is 35.5. The van der Waals surface area contributed by atoms with Gasteiger partial charge in [0.2, 0.25) is 0 Å². The highest BCUT2D eigenvalue weighted by Crippen LogP contribution is 2.35. The predicted molar refractivity (Wildman–Crippen MR) is 70.3 cm³/mol. The average Bonchev–Trinajstić information content (AvgIpc) is 2.67. The van der Waals surface area contributed by atoms with Crippen LogP contribution in [-0.2, 0) is 6.54 Å². The average molecular weight is 271 g/mol. The van der Waals surface area contributed by atoms with Crippen LogP contribution in [0.15, 0.2) is 32.8 Å². The van der Waals surface area contributed by atoms with Gasteiger partial charge in [0, 0.05) is 22.5 Å². The van der Waals surface area contributed by atoms with Crippen molar-refractivity contribution in [1.29, 1.82) is 0 Å². The molecule has 2 aromatic rings. The summed E-state index contributed by atoms with van der Waals surface area (Å²) in [6.45, 7) is 2.50. The van der Waals surface area contributed by atoms with E-state index in [1.807, 2.05) is 30.5 Å². The lowest BCUT2D eigenvalue weighted by molar-refractivity contribution is 1.06. The van der Waals surface area contributed by atoms with Gasteiger partial charge < -0.3 is 5.73 Å². The predicted octanol–water partition coefficient (Wildman–Crippen LogP) is 3.71. The van der Waals surface area contributed by atoms with Crippen molar-refractivity contribution in [2.45, 2.75) is 22.7 Å². The molecule has 0 aliphatic heterocycles. The zero-order chi connectivity index (χ0) is 11.5. The maximum atomic E-state index is 6.17. The van der Waals surface area contributed by atoms with Crippen LogP contribution in [0.25, 0.3) is 0 Å².